The number of carbonyl (C=O) groups is 2. The maximum atomic E-state index is 10.7. The molecule has 0 saturated heterocycles. The Hall–Kier alpha value is -2.12. The Bertz CT molecular complexity index is 469. The van der Waals surface area contributed by atoms with E-state index in [-0.39, 0.29) is 16.9 Å². The molecule has 2 atom stereocenters. The molecule has 1 aromatic rings. The highest BCUT2D eigenvalue weighted by molar-refractivity contribution is 5.78. The summed E-state index contributed by atoms with van der Waals surface area (Å²) in [4.78, 5) is 21.2. The van der Waals surface area contributed by atoms with Crippen LogP contribution in [0.25, 0.3) is 0 Å². The molecule has 0 aliphatic heterocycles. The molecule has 0 radical (unpaired) electrons. The Morgan fingerprint density at radius 2 is 2.00 bits per heavy atom. The molecule has 0 bridgehead atoms. The van der Waals surface area contributed by atoms with Crippen molar-refractivity contribution in [3.05, 3.63) is 23.3 Å². The second-order valence-corrected chi connectivity index (χ2v) is 3.51. The van der Waals surface area contributed by atoms with Crippen LogP contribution in [0.15, 0.2) is 12.1 Å². The van der Waals surface area contributed by atoms with Crippen molar-refractivity contribution < 1.29 is 34.8 Å². The van der Waals surface area contributed by atoms with Crippen molar-refractivity contribution in [3.63, 3.8) is 0 Å². The summed E-state index contributed by atoms with van der Waals surface area (Å²) in [5, 5.41) is 37.1. The van der Waals surface area contributed by atoms with E-state index in [0.717, 1.165) is 6.07 Å². The number of aromatic hydroxyl groups is 1. The molecular weight excluding hydrogens is 244 g/mol. The van der Waals surface area contributed by atoms with E-state index in [9.17, 15) is 24.9 Å². The number of carbonyl (C=O) groups excluding carboxylic acids is 1. The molecule has 0 aliphatic rings. The number of rotatable bonds is 5. The van der Waals surface area contributed by atoms with E-state index in [1.165, 1.54) is 13.2 Å². The summed E-state index contributed by atoms with van der Waals surface area (Å²) in [5.74, 6) is -2.29. The molecule has 98 valence electrons. The molecule has 0 spiro atoms. The number of hydrogen-bond donors (Lipinski definition) is 4. The Labute approximate surface area is 102 Å². The van der Waals surface area contributed by atoms with E-state index in [4.69, 9.17) is 9.84 Å². The first-order valence-electron chi connectivity index (χ1n) is 4.87. The lowest BCUT2D eigenvalue weighted by Crippen LogP contribution is -2.27. The number of aliphatic hydroxyl groups excluding tert-OH is 2. The van der Waals surface area contributed by atoms with Gasteiger partial charge in [-0.05, 0) is 12.1 Å². The molecule has 0 saturated carbocycles. The van der Waals surface area contributed by atoms with Crippen LogP contribution in [0.5, 0.6) is 11.5 Å². The van der Waals surface area contributed by atoms with Gasteiger partial charge >= 0.3 is 5.97 Å². The number of aliphatic carboxylic acids is 1. The topological polar surface area (TPSA) is 124 Å². The molecular formula is C11H12O7. The second kappa shape index (κ2) is 5.48. The number of carboxylic acid groups (broad SMARTS) is 1. The average molecular weight is 256 g/mol. The number of aliphatic hydroxyl groups is 2. The molecule has 4 N–H and O–H groups in total. The van der Waals surface area contributed by atoms with Crippen LogP contribution < -0.4 is 4.74 Å². The van der Waals surface area contributed by atoms with Crippen LogP contribution in [0, 0.1) is 0 Å². The van der Waals surface area contributed by atoms with Gasteiger partial charge in [-0.2, -0.15) is 0 Å². The normalized spacial score (nSPS) is 13.7. The van der Waals surface area contributed by atoms with Crippen LogP contribution in [0.2, 0.25) is 0 Å². The van der Waals surface area contributed by atoms with Crippen LogP contribution >= 0.6 is 0 Å². The van der Waals surface area contributed by atoms with E-state index in [1.54, 1.807) is 0 Å². The van der Waals surface area contributed by atoms with Crippen molar-refractivity contribution in [2.24, 2.45) is 0 Å². The number of phenolic OH excluding ortho intramolecular Hbond substituents is 1. The van der Waals surface area contributed by atoms with Gasteiger partial charge in [0, 0.05) is 11.1 Å². The van der Waals surface area contributed by atoms with Gasteiger partial charge in [-0.25, -0.2) is 4.79 Å². The number of benzene rings is 1. The van der Waals surface area contributed by atoms with Crippen molar-refractivity contribution in [1.29, 1.82) is 0 Å². The number of ether oxygens (including phenoxy) is 1. The van der Waals surface area contributed by atoms with Gasteiger partial charge < -0.3 is 25.2 Å². The van der Waals surface area contributed by atoms with Crippen LogP contribution in [-0.4, -0.2) is 45.9 Å². The largest absolute Gasteiger partial charge is 0.504 e. The third kappa shape index (κ3) is 2.58. The molecule has 0 aliphatic carbocycles. The summed E-state index contributed by atoms with van der Waals surface area (Å²) in [6.07, 6.45) is -3.57. The van der Waals surface area contributed by atoms with Gasteiger partial charge in [-0.1, -0.05) is 0 Å². The van der Waals surface area contributed by atoms with Crippen molar-refractivity contribution in [2.75, 3.05) is 7.11 Å². The molecule has 18 heavy (non-hydrogen) atoms. The maximum Gasteiger partial charge on any atom is 0.335 e. The van der Waals surface area contributed by atoms with Crippen molar-refractivity contribution >= 4 is 12.3 Å². The lowest BCUT2D eigenvalue weighted by molar-refractivity contribution is -0.153. The molecule has 7 nitrogen and oxygen atoms in total. The highest BCUT2D eigenvalue weighted by Gasteiger charge is 2.29. The molecule has 0 amide bonds. The maximum absolute atomic E-state index is 10.7. The number of methoxy groups -OCH3 is 1. The van der Waals surface area contributed by atoms with Gasteiger partial charge in [-0.3, -0.25) is 4.79 Å². The smallest absolute Gasteiger partial charge is 0.335 e. The second-order valence-electron chi connectivity index (χ2n) is 3.51. The minimum atomic E-state index is -2.12. The van der Waals surface area contributed by atoms with Gasteiger partial charge in [0.2, 0.25) is 0 Å². The van der Waals surface area contributed by atoms with Crippen LogP contribution in [0.1, 0.15) is 22.0 Å². The zero-order chi connectivity index (χ0) is 13.9. The summed E-state index contributed by atoms with van der Waals surface area (Å²) < 4.78 is 4.77. The summed E-state index contributed by atoms with van der Waals surface area (Å²) in [5.41, 5.74) is -0.234. The molecule has 7 heteroatoms. The predicted molar refractivity (Wildman–Crippen MR) is 58.6 cm³/mol. The number of phenols is 1. The van der Waals surface area contributed by atoms with E-state index >= 15 is 0 Å². The van der Waals surface area contributed by atoms with Crippen molar-refractivity contribution in [3.8, 4) is 11.5 Å². The zero-order valence-corrected chi connectivity index (χ0v) is 9.40. The average Bonchev–Trinajstić information content (AvgIpc) is 2.37. The minimum absolute atomic E-state index is 0.0660. The van der Waals surface area contributed by atoms with Gasteiger partial charge in [0.25, 0.3) is 0 Å². The number of carboxylic acids is 1. The summed E-state index contributed by atoms with van der Waals surface area (Å²) >= 11 is 0. The third-order valence-electron chi connectivity index (χ3n) is 2.35. The summed E-state index contributed by atoms with van der Waals surface area (Å²) in [6, 6.07) is 2.29. The minimum Gasteiger partial charge on any atom is -0.504 e. The lowest BCUT2D eigenvalue weighted by Gasteiger charge is -2.17. The van der Waals surface area contributed by atoms with Crippen molar-refractivity contribution in [2.45, 2.75) is 12.2 Å². The zero-order valence-electron chi connectivity index (χ0n) is 9.40. The quantitative estimate of drug-likeness (QED) is 0.533. The van der Waals surface area contributed by atoms with Crippen LogP contribution in [0.4, 0.5) is 0 Å². The fourth-order valence-electron chi connectivity index (χ4n) is 1.41. The fourth-order valence-corrected chi connectivity index (χ4v) is 1.41. The first-order valence-corrected chi connectivity index (χ1v) is 4.87. The first-order chi connectivity index (χ1) is 8.42. The Morgan fingerprint density at radius 1 is 1.39 bits per heavy atom. The summed E-state index contributed by atoms with van der Waals surface area (Å²) in [7, 11) is 1.23. The molecule has 0 aromatic heterocycles. The summed E-state index contributed by atoms with van der Waals surface area (Å²) in [6.45, 7) is 0. The molecule has 1 aromatic carbocycles. The highest BCUT2D eigenvalue weighted by atomic mass is 16.5. The monoisotopic (exact) mass is 256 g/mol. The molecule has 2 unspecified atom stereocenters. The molecule has 0 heterocycles. The third-order valence-corrected chi connectivity index (χ3v) is 2.35. The lowest BCUT2D eigenvalue weighted by atomic mass is 10.0. The Balaban J connectivity index is 3.30. The van der Waals surface area contributed by atoms with E-state index in [1.807, 2.05) is 0 Å². The van der Waals surface area contributed by atoms with Crippen LogP contribution in [0.3, 0.4) is 0 Å². The Morgan fingerprint density at radius 3 is 2.44 bits per heavy atom. The van der Waals surface area contributed by atoms with Gasteiger partial charge in [0.15, 0.2) is 17.6 Å². The van der Waals surface area contributed by atoms with Crippen LogP contribution in [-0.2, 0) is 4.79 Å². The van der Waals surface area contributed by atoms with Crippen molar-refractivity contribution in [1.82, 2.24) is 0 Å². The van der Waals surface area contributed by atoms with Gasteiger partial charge in [-0.15, -0.1) is 0 Å². The standard InChI is InChI=1S/C11H12O7/c1-18-7-3-5(4-12)2-6(8(7)13)9(14)10(15)11(16)17/h2-4,9-10,13-15H,1H3,(H,16,17). The molecule has 1 rings (SSSR count). The first kappa shape index (κ1) is 13.9. The van der Waals surface area contributed by atoms with E-state index < -0.39 is 23.9 Å². The van der Waals surface area contributed by atoms with Gasteiger partial charge in [0.1, 0.15) is 12.4 Å². The molecule has 0 fully saturated rings. The van der Waals surface area contributed by atoms with E-state index in [2.05, 4.69) is 0 Å². The number of hydrogen-bond acceptors (Lipinski definition) is 6. The SMILES string of the molecule is COc1cc(C=O)cc(C(O)C(O)C(=O)O)c1O. The Kier molecular flexibility index (Phi) is 4.24. The highest BCUT2D eigenvalue weighted by Crippen LogP contribution is 2.36. The van der Waals surface area contributed by atoms with Gasteiger partial charge in [0.05, 0.1) is 7.11 Å². The number of aldehydes is 1. The van der Waals surface area contributed by atoms with E-state index in [0.29, 0.717) is 6.29 Å². The predicted octanol–water partition coefficient (Wildman–Crippen LogP) is -0.308. The fraction of sp³-hybridized carbons (Fsp3) is 0.273.